The summed E-state index contributed by atoms with van der Waals surface area (Å²) in [6.45, 7) is 4.75. The number of fused-ring (bicyclic) bond motifs is 1. The molecule has 0 spiro atoms. The molecule has 0 aliphatic heterocycles. The second-order valence-electron chi connectivity index (χ2n) is 4.89. The molecule has 0 bridgehead atoms. The van der Waals surface area contributed by atoms with E-state index in [1.807, 2.05) is 22.7 Å². The highest BCUT2D eigenvalue weighted by Crippen LogP contribution is 2.23. The van der Waals surface area contributed by atoms with E-state index >= 15 is 0 Å². The number of nitrogens with zero attached hydrogens (tertiary/aromatic N) is 2. The lowest BCUT2D eigenvalue weighted by atomic mass is 10.1. The third-order valence-corrected chi connectivity index (χ3v) is 3.59. The monoisotopic (exact) mass is 251 g/mol. The number of benzene rings is 1. The average Bonchev–Trinajstić information content (AvgIpc) is 2.85. The van der Waals surface area contributed by atoms with Crippen LogP contribution in [-0.4, -0.2) is 9.38 Å². The molecule has 3 heteroatoms. The van der Waals surface area contributed by atoms with Crippen LogP contribution in [0.4, 0.5) is 0 Å². The van der Waals surface area contributed by atoms with Crippen molar-refractivity contribution < 1.29 is 0 Å². The Morgan fingerprint density at radius 3 is 2.74 bits per heavy atom. The second kappa shape index (κ2) is 4.52. The van der Waals surface area contributed by atoms with Crippen LogP contribution in [0.3, 0.4) is 0 Å². The van der Waals surface area contributed by atoms with Crippen LogP contribution >= 0.6 is 0 Å². The maximum atomic E-state index is 5.75. The van der Waals surface area contributed by atoms with Crippen molar-refractivity contribution in [2.24, 2.45) is 5.73 Å². The van der Waals surface area contributed by atoms with Gasteiger partial charge in [-0.15, -0.1) is 0 Å². The van der Waals surface area contributed by atoms with Crippen molar-refractivity contribution in [3.05, 3.63) is 59.4 Å². The maximum Gasteiger partial charge on any atom is 0.141 e. The van der Waals surface area contributed by atoms with Gasteiger partial charge in [0.1, 0.15) is 5.65 Å². The summed E-state index contributed by atoms with van der Waals surface area (Å²) in [6.07, 6.45) is 4.06. The van der Waals surface area contributed by atoms with E-state index < -0.39 is 0 Å². The van der Waals surface area contributed by atoms with Gasteiger partial charge in [-0.25, -0.2) is 4.98 Å². The van der Waals surface area contributed by atoms with Gasteiger partial charge in [0.15, 0.2) is 0 Å². The fraction of sp³-hybridized carbons (Fsp3) is 0.188. The summed E-state index contributed by atoms with van der Waals surface area (Å²) in [5.41, 5.74) is 12.5. The Morgan fingerprint density at radius 2 is 2.00 bits per heavy atom. The molecule has 2 heterocycles. The first kappa shape index (κ1) is 11.9. The van der Waals surface area contributed by atoms with E-state index in [0.29, 0.717) is 6.54 Å². The van der Waals surface area contributed by atoms with Gasteiger partial charge in [0.05, 0.1) is 5.69 Å². The lowest BCUT2D eigenvalue weighted by molar-refractivity contribution is 1.04. The summed E-state index contributed by atoms with van der Waals surface area (Å²) < 4.78 is 2.03. The summed E-state index contributed by atoms with van der Waals surface area (Å²) >= 11 is 0. The zero-order chi connectivity index (χ0) is 13.4. The van der Waals surface area contributed by atoms with E-state index in [0.717, 1.165) is 22.5 Å². The molecule has 0 atom stereocenters. The lowest BCUT2D eigenvalue weighted by Gasteiger charge is -2.01. The standard InChI is InChI=1S/C16H17N3/c1-11-5-6-13(8-12(11)2)15-10-19-7-3-4-14(9-17)16(19)18-15/h3-8,10H,9,17H2,1-2H3. The number of pyridine rings is 1. The van der Waals surface area contributed by atoms with Crippen molar-refractivity contribution in [2.45, 2.75) is 20.4 Å². The molecule has 3 nitrogen and oxygen atoms in total. The van der Waals surface area contributed by atoms with Crippen LogP contribution in [0.15, 0.2) is 42.7 Å². The van der Waals surface area contributed by atoms with E-state index in [4.69, 9.17) is 10.7 Å². The first-order valence-electron chi connectivity index (χ1n) is 6.43. The molecule has 19 heavy (non-hydrogen) atoms. The van der Waals surface area contributed by atoms with Gasteiger partial charge < -0.3 is 10.1 Å². The predicted molar refractivity (Wildman–Crippen MR) is 78.0 cm³/mol. The van der Waals surface area contributed by atoms with E-state index in [-0.39, 0.29) is 0 Å². The number of aryl methyl sites for hydroxylation is 2. The van der Waals surface area contributed by atoms with Crippen molar-refractivity contribution in [1.82, 2.24) is 9.38 Å². The quantitative estimate of drug-likeness (QED) is 0.760. The van der Waals surface area contributed by atoms with E-state index in [2.05, 4.69) is 38.2 Å². The molecular weight excluding hydrogens is 234 g/mol. The van der Waals surface area contributed by atoms with Gasteiger partial charge in [-0.05, 0) is 37.1 Å². The first-order valence-corrected chi connectivity index (χ1v) is 6.43. The summed E-state index contributed by atoms with van der Waals surface area (Å²) in [5.74, 6) is 0. The summed E-state index contributed by atoms with van der Waals surface area (Å²) in [4.78, 5) is 4.71. The Bertz CT molecular complexity index is 741. The smallest absolute Gasteiger partial charge is 0.141 e. The molecule has 2 N–H and O–H groups in total. The summed E-state index contributed by atoms with van der Waals surface area (Å²) in [6, 6.07) is 10.5. The third kappa shape index (κ3) is 2.02. The Balaban J connectivity index is 2.17. The number of nitrogens with two attached hydrogens (primary N) is 1. The Labute approximate surface area is 112 Å². The zero-order valence-corrected chi connectivity index (χ0v) is 11.2. The van der Waals surface area contributed by atoms with Crippen molar-refractivity contribution in [2.75, 3.05) is 0 Å². The van der Waals surface area contributed by atoms with Gasteiger partial charge in [0, 0.05) is 30.1 Å². The van der Waals surface area contributed by atoms with Crippen LogP contribution in [0.25, 0.3) is 16.9 Å². The van der Waals surface area contributed by atoms with Gasteiger partial charge in [0.2, 0.25) is 0 Å². The van der Waals surface area contributed by atoms with Gasteiger partial charge in [-0.3, -0.25) is 0 Å². The second-order valence-corrected chi connectivity index (χ2v) is 4.89. The van der Waals surface area contributed by atoms with E-state index in [9.17, 15) is 0 Å². The van der Waals surface area contributed by atoms with Gasteiger partial charge in [-0.1, -0.05) is 18.2 Å². The normalized spacial score (nSPS) is 11.1. The molecule has 0 saturated heterocycles. The molecule has 0 aliphatic rings. The average molecular weight is 251 g/mol. The molecule has 0 fully saturated rings. The Kier molecular flexibility index (Phi) is 2.84. The van der Waals surface area contributed by atoms with Crippen molar-refractivity contribution in [1.29, 1.82) is 0 Å². The molecule has 0 aliphatic carbocycles. The van der Waals surface area contributed by atoms with Gasteiger partial charge in [0.25, 0.3) is 0 Å². The molecule has 0 saturated carbocycles. The molecule has 0 unspecified atom stereocenters. The van der Waals surface area contributed by atoms with Gasteiger partial charge in [-0.2, -0.15) is 0 Å². The predicted octanol–water partition coefficient (Wildman–Crippen LogP) is 3.08. The molecule has 3 aromatic rings. The Morgan fingerprint density at radius 1 is 1.16 bits per heavy atom. The number of aromatic nitrogens is 2. The Hall–Kier alpha value is -2.13. The van der Waals surface area contributed by atoms with Crippen LogP contribution in [0, 0.1) is 13.8 Å². The third-order valence-electron chi connectivity index (χ3n) is 3.59. The minimum Gasteiger partial charge on any atom is -0.326 e. The molecule has 3 rings (SSSR count). The SMILES string of the molecule is Cc1ccc(-c2cn3cccc(CN)c3n2)cc1C. The number of rotatable bonds is 2. The molecule has 96 valence electrons. The van der Waals surface area contributed by atoms with Crippen molar-refractivity contribution in [3.8, 4) is 11.3 Å². The highest BCUT2D eigenvalue weighted by Gasteiger charge is 2.07. The highest BCUT2D eigenvalue weighted by molar-refractivity contribution is 5.65. The van der Waals surface area contributed by atoms with Crippen molar-refractivity contribution >= 4 is 5.65 Å². The van der Waals surface area contributed by atoms with Crippen LogP contribution in [0.1, 0.15) is 16.7 Å². The minimum atomic E-state index is 0.508. The number of hydrogen-bond donors (Lipinski definition) is 1. The molecule has 0 radical (unpaired) electrons. The number of hydrogen-bond acceptors (Lipinski definition) is 2. The van der Waals surface area contributed by atoms with Crippen LogP contribution in [-0.2, 0) is 6.54 Å². The summed E-state index contributed by atoms with van der Waals surface area (Å²) in [5, 5.41) is 0. The van der Waals surface area contributed by atoms with Crippen LogP contribution in [0.5, 0.6) is 0 Å². The van der Waals surface area contributed by atoms with Crippen molar-refractivity contribution in [3.63, 3.8) is 0 Å². The zero-order valence-electron chi connectivity index (χ0n) is 11.2. The minimum absolute atomic E-state index is 0.508. The van der Waals surface area contributed by atoms with E-state index in [1.165, 1.54) is 11.1 Å². The lowest BCUT2D eigenvalue weighted by Crippen LogP contribution is -1.99. The van der Waals surface area contributed by atoms with Gasteiger partial charge >= 0.3 is 0 Å². The topological polar surface area (TPSA) is 43.3 Å². The largest absolute Gasteiger partial charge is 0.326 e. The molecule has 1 aromatic carbocycles. The molecular formula is C16H17N3. The number of imidazole rings is 1. The molecule has 2 aromatic heterocycles. The first-order chi connectivity index (χ1) is 9.19. The maximum absolute atomic E-state index is 5.75. The van der Waals surface area contributed by atoms with Crippen LogP contribution in [0.2, 0.25) is 0 Å². The fourth-order valence-corrected chi connectivity index (χ4v) is 2.27. The fourth-order valence-electron chi connectivity index (χ4n) is 2.27. The highest BCUT2D eigenvalue weighted by atomic mass is 15.0. The molecule has 0 amide bonds. The van der Waals surface area contributed by atoms with E-state index in [1.54, 1.807) is 0 Å². The summed E-state index contributed by atoms with van der Waals surface area (Å²) in [7, 11) is 0. The van der Waals surface area contributed by atoms with Crippen LogP contribution < -0.4 is 5.73 Å².